The van der Waals surface area contributed by atoms with Crippen molar-refractivity contribution in [1.82, 2.24) is 14.3 Å². The first kappa shape index (κ1) is 17.2. The van der Waals surface area contributed by atoms with Crippen LogP contribution in [0.1, 0.15) is 19.4 Å². The van der Waals surface area contributed by atoms with Crippen LogP contribution in [0.5, 0.6) is 0 Å². The average molecular weight is 336 g/mol. The van der Waals surface area contributed by atoms with Gasteiger partial charge in [-0.15, -0.1) is 0 Å². The molecule has 0 saturated heterocycles. The van der Waals surface area contributed by atoms with Gasteiger partial charge >= 0.3 is 0 Å². The summed E-state index contributed by atoms with van der Waals surface area (Å²) in [5.41, 5.74) is 4.86. The molecule has 0 bridgehead atoms. The SMILES string of the molecule is Cc1cccn2cc(-c3ccc(NC(=O)CN(C)C(C)C)cc3)nc12. The van der Waals surface area contributed by atoms with Crippen LogP contribution < -0.4 is 5.32 Å². The highest BCUT2D eigenvalue weighted by Gasteiger charge is 2.10. The summed E-state index contributed by atoms with van der Waals surface area (Å²) in [6.45, 7) is 6.57. The zero-order valence-corrected chi connectivity index (χ0v) is 15.2. The lowest BCUT2D eigenvalue weighted by Gasteiger charge is -2.20. The summed E-state index contributed by atoms with van der Waals surface area (Å²) in [6.07, 6.45) is 4.02. The molecule has 0 unspecified atom stereocenters. The molecule has 0 aliphatic rings. The van der Waals surface area contributed by atoms with E-state index in [0.717, 1.165) is 28.2 Å². The summed E-state index contributed by atoms with van der Waals surface area (Å²) in [4.78, 5) is 18.8. The first-order chi connectivity index (χ1) is 11.9. The number of aromatic nitrogens is 2. The second-order valence-electron chi connectivity index (χ2n) is 6.68. The molecule has 0 spiro atoms. The van der Waals surface area contributed by atoms with Crippen molar-refractivity contribution < 1.29 is 4.79 Å². The van der Waals surface area contributed by atoms with E-state index < -0.39 is 0 Å². The molecular formula is C20H24N4O. The fourth-order valence-electron chi connectivity index (χ4n) is 2.63. The maximum atomic E-state index is 12.1. The van der Waals surface area contributed by atoms with Crippen molar-refractivity contribution in [2.24, 2.45) is 0 Å². The lowest BCUT2D eigenvalue weighted by molar-refractivity contribution is -0.117. The highest BCUT2D eigenvalue weighted by Crippen LogP contribution is 2.22. The van der Waals surface area contributed by atoms with Crippen LogP contribution in [0.4, 0.5) is 5.69 Å². The van der Waals surface area contributed by atoms with E-state index in [1.54, 1.807) is 0 Å². The average Bonchev–Trinajstić information content (AvgIpc) is 3.01. The monoisotopic (exact) mass is 336 g/mol. The molecule has 0 radical (unpaired) electrons. The second-order valence-corrected chi connectivity index (χ2v) is 6.68. The van der Waals surface area contributed by atoms with Crippen LogP contribution >= 0.6 is 0 Å². The largest absolute Gasteiger partial charge is 0.325 e. The van der Waals surface area contributed by atoms with Crippen LogP contribution in [-0.2, 0) is 4.79 Å². The number of carbonyl (C=O) groups is 1. The fraction of sp³-hybridized carbons (Fsp3) is 0.300. The molecule has 1 N–H and O–H groups in total. The molecule has 2 aromatic heterocycles. The van der Waals surface area contributed by atoms with Crippen LogP contribution in [0, 0.1) is 6.92 Å². The fourth-order valence-corrected chi connectivity index (χ4v) is 2.63. The highest BCUT2D eigenvalue weighted by molar-refractivity contribution is 5.92. The number of hydrogen-bond acceptors (Lipinski definition) is 3. The van der Waals surface area contributed by atoms with Crippen LogP contribution in [0.15, 0.2) is 48.8 Å². The predicted octanol–water partition coefficient (Wildman–Crippen LogP) is 3.59. The van der Waals surface area contributed by atoms with Crippen molar-refractivity contribution in [3.8, 4) is 11.3 Å². The molecule has 130 valence electrons. The lowest BCUT2D eigenvalue weighted by Crippen LogP contribution is -2.34. The maximum Gasteiger partial charge on any atom is 0.238 e. The molecule has 2 heterocycles. The molecule has 0 aliphatic carbocycles. The van der Waals surface area contributed by atoms with Gasteiger partial charge in [0, 0.05) is 29.7 Å². The minimum atomic E-state index is -0.00713. The molecule has 1 aromatic carbocycles. The Hall–Kier alpha value is -2.66. The number of imidazole rings is 1. The molecule has 0 aliphatic heterocycles. The minimum absolute atomic E-state index is 0.00713. The number of likely N-dealkylation sites (N-methyl/N-ethyl adjacent to an activating group) is 1. The summed E-state index contributed by atoms with van der Waals surface area (Å²) in [5, 5.41) is 2.94. The van der Waals surface area contributed by atoms with Gasteiger partial charge < -0.3 is 9.72 Å². The molecule has 0 atom stereocenters. The van der Waals surface area contributed by atoms with Crippen LogP contribution in [-0.4, -0.2) is 39.8 Å². The van der Waals surface area contributed by atoms with E-state index in [2.05, 4.69) is 32.2 Å². The number of fused-ring (bicyclic) bond motifs is 1. The number of hydrogen-bond donors (Lipinski definition) is 1. The summed E-state index contributed by atoms with van der Waals surface area (Å²) < 4.78 is 2.03. The predicted molar refractivity (Wildman–Crippen MR) is 102 cm³/mol. The van der Waals surface area contributed by atoms with Crippen LogP contribution in [0.2, 0.25) is 0 Å². The zero-order valence-electron chi connectivity index (χ0n) is 15.2. The van der Waals surface area contributed by atoms with Crippen molar-refractivity contribution in [2.75, 3.05) is 18.9 Å². The number of rotatable bonds is 5. The molecule has 3 rings (SSSR count). The molecule has 3 aromatic rings. The molecular weight excluding hydrogens is 312 g/mol. The Bertz CT molecular complexity index is 880. The topological polar surface area (TPSA) is 49.6 Å². The van der Waals surface area contributed by atoms with Crippen molar-refractivity contribution in [2.45, 2.75) is 26.8 Å². The number of nitrogens with one attached hydrogen (secondary N) is 1. The smallest absolute Gasteiger partial charge is 0.238 e. The van der Waals surface area contributed by atoms with Gasteiger partial charge in [-0.3, -0.25) is 9.69 Å². The Kier molecular flexibility index (Phi) is 4.86. The van der Waals surface area contributed by atoms with Gasteiger partial charge in [0.15, 0.2) is 0 Å². The first-order valence-corrected chi connectivity index (χ1v) is 8.49. The molecule has 0 fully saturated rings. The van der Waals surface area contributed by atoms with Gasteiger partial charge in [0.05, 0.1) is 12.2 Å². The zero-order chi connectivity index (χ0) is 18.0. The van der Waals surface area contributed by atoms with Gasteiger partial charge in [0.1, 0.15) is 5.65 Å². The lowest BCUT2D eigenvalue weighted by atomic mass is 10.1. The second kappa shape index (κ2) is 7.07. The van der Waals surface area contributed by atoms with Crippen molar-refractivity contribution in [3.05, 3.63) is 54.4 Å². The van der Waals surface area contributed by atoms with E-state index in [4.69, 9.17) is 4.98 Å². The number of aryl methyl sites for hydroxylation is 1. The van der Waals surface area contributed by atoms with E-state index in [0.29, 0.717) is 12.6 Å². The van der Waals surface area contributed by atoms with E-state index in [9.17, 15) is 4.79 Å². The maximum absolute atomic E-state index is 12.1. The third kappa shape index (κ3) is 3.88. The molecule has 25 heavy (non-hydrogen) atoms. The minimum Gasteiger partial charge on any atom is -0.325 e. The van der Waals surface area contributed by atoms with E-state index >= 15 is 0 Å². The molecule has 0 saturated carbocycles. The quantitative estimate of drug-likeness (QED) is 0.775. The van der Waals surface area contributed by atoms with Gasteiger partial charge in [0.25, 0.3) is 0 Å². The number of benzene rings is 1. The standard InChI is InChI=1S/C20H24N4O/c1-14(2)23(4)13-19(25)21-17-9-7-16(8-10-17)18-12-24-11-5-6-15(3)20(24)22-18/h5-12,14H,13H2,1-4H3,(H,21,25). The normalized spacial score (nSPS) is 11.4. The van der Waals surface area contributed by atoms with Gasteiger partial charge in [-0.25, -0.2) is 4.98 Å². The number of amides is 1. The summed E-state index contributed by atoms with van der Waals surface area (Å²) in [7, 11) is 1.94. The third-order valence-corrected chi connectivity index (χ3v) is 4.42. The number of anilines is 1. The number of pyridine rings is 1. The van der Waals surface area contributed by atoms with Gasteiger partial charge in [-0.05, 0) is 51.6 Å². The molecule has 5 heteroatoms. The summed E-state index contributed by atoms with van der Waals surface area (Å²) >= 11 is 0. The van der Waals surface area contributed by atoms with Crippen molar-refractivity contribution in [1.29, 1.82) is 0 Å². The van der Waals surface area contributed by atoms with Gasteiger partial charge in [0.2, 0.25) is 5.91 Å². The van der Waals surface area contributed by atoms with E-state index in [1.807, 2.05) is 59.1 Å². The van der Waals surface area contributed by atoms with Gasteiger partial charge in [-0.2, -0.15) is 0 Å². The van der Waals surface area contributed by atoms with E-state index in [-0.39, 0.29) is 5.91 Å². The Labute approximate surface area is 148 Å². The van der Waals surface area contributed by atoms with Crippen LogP contribution in [0.25, 0.3) is 16.9 Å². The van der Waals surface area contributed by atoms with Crippen molar-refractivity contribution in [3.63, 3.8) is 0 Å². The third-order valence-electron chi connectivity index (χ3n) is 4.42. The molecule has 1 amide bonds. The summed E-state index contributed by atoms with van der Waals surface area (Å²) in [5.74, 6) is -0.00713. The highest BCUT2D eigenvalue weighted by atomic mass is 16.2. The summed E-state index contributed by atoms with van der Waals surface area (Å²) in [6, 6.07) is 12.2. The Morgan fingerprint density at radius 2 is 1.96 bits per heavy atom. The van der Waals surface area contributed by atoms with Gasteiger partial charge in [-0.1, -0.05) is 18.2 Å². The van der Waals surface area contributed by atoms with E-state index in [1.165, 1.54) is 0 Å². The Morgan fingerprint density at radius 1 is 1.24 bits per heavy atom. The van der Waals surface area contributed by atoms with Crippen LogP contribution in [0.3, 0.4) is 0 Å². The Balaban J connectivity index is 1.73. The first-order valence-electron chi connectivity index (χ1n) is 8.49. The van der Waals surface area contributed by atoms with Crippen molar-refractivity contribution >= 4 is 17.2 Å². The number of nitrogens with zero attached hydrogens (tertiary/aromatic N) is 3. The molecule has 5 nitrogen and oxygen atoms in total. The number of carbonyl (C=O) groups excluding carboxylic acids is 1. The Morgan fingerprint density at radius 3 is 2.60 bits per heavy atom.